The SMILES string of the molecule is O=C(NC[C@H](c1cccs1)N1CCOCC1)c1cc2ccccc2cc1O. The molecule has 5 nitrogen and oxygen atoms in total. The van der Waals surface area contributed by atoms with Gasteiger partial charge in [0.15, 0.2) is 0 Å². The van der Waals surface area contributed by atoms with Crippen LogP contribution in [0.15, 0.2) is 53.9 Å². The average molecular weight is 382 g/mol. The summed E-state index contributed by atoms with van der Waals surface area (Å²) in [5, 5.41) is 17.2. The number of carbonyl (C=O) groups is 1. The van der Waals surface area contributed by atoms with Gasteiger partial charge in [-0.2, -0.15) is 0 Å². The number of rotatable bonds is 5. The minimum Gasteiger partial charge on any atom is -0.507 e. The molecule has 2 aromatic carbocycles. The highest BCUT2D eigenvalue weighted by atomic mass is 32.1. The summed E-state index contributed by atoms with van der Waals surface area (Å²) in [6.07, 6.45) is 0. The predicted molar refractivity (Wildman–Crippen MR) is 107 cm³/mol. The normalized spacial score (nSPS) is 16.3. The first kappa shape index (κ1) is 18.0. The van der Waals surface area contributed by atoms with Crippen molar-refractivity contribution in [1.82, 2.24) is 10.2 Å². The van der Waals surface area contributed by atoms with E-state index in [4.69, 9.17) is 4.74 Å². The molecule has 1 fully saturated rings. The zero-order chi connectivity index (χ0) is 18.6. The molecule has 27 heavy (non-hydrogen) atoms. The lowest BCUT2D eigenvalue weighted by Gasteiger charge is -2.34. The van der Waals surface area contributed by atoms with Crippen molar-refractivity contribution in [2.24, 2.45) is 0 Å². The summed E-state index contributed by atoms with van der Waals surface area (Å²) in [6.45, 7) is 3.60. The Kier molecular flexibility index (Phi) is 5.38. The molecule has 0 unspecified atom stereocenters. The van der Waals surface area contributed by atoms with Gasteiger partial charge in [0.05, 0.1) is 24.8 Å². The highest BCUT2D eigenvalue weighted by Crippen LogP contribution is 2.27. The number of fused-ring (bicyclic) bond motifs is 1. The number of nitrogens with zero attached hydrogens (tertiary/aromatic N) is 1. The van der Waals surface area contributed by atoms with Crippen LogP contribution in [0.25, 0.3) is 10.8 Å². The number of phenolic OH excluding ortho intramolecular Hbond substituents is 1. The standard InChI is InChI=1S/C21H22N2O3S/c24-19-13-16-5-2-1-4-15(16)12-17(19)21(25)22-14-18(20-6-3-11-27-20)23-7-9-26-10-8-23/h1-6,11-13,18,24H,7-10,14H2,(H,22,25)/t18-/m1/s1. The minimum atomic E-state index is -0.256. The number of ether oxygens (including phenoxy) is 1. The highest BCUT2D eigenvalue weighted by molar-refractivity contribution is 7.10. The first-order chi connectivity index (χ1) is 13.2. The summed E-state index contributed by atoms with van der Waals surface area (Å²) in [5.41, 5.74) is 0.306. The van der Waals surface area contributed by atoms with Gasteiger partial charge in [0.2, 0.25) is 0 Å². The van der Waals surface area contributed by atoms with Crippen LogP contribution in [0, 0.1) is 0 Å². The molecule has 1 aliphatic heterocycles. The summed E-state index contributed by atoms with van der Waals surface area (Å²) in [4.78, 5) is 16.3. The van der Waals surface area contributed by atoms with Crippen molar-refractivity contribution < 1.29 is 14.6 Å². The van der Waals surface area contributed by atoms with Gasteiger partial charge in [-0.1, -0.05) is 30.3 Å². The number of thiophene rings is 1. The summed E-state index contributed by atoms with van der Waals surface area (Å²) in [5.74, 6) is -0.252. The molecule has 1 saturated heterocycles. The smallest absolute Gasteiger partial charge is 0.255 e. The van der Waals surface area contributed by atoms with Gasteiger partial charge >= 0.3 is 0 Å². The van der Waals surface area contributed by atoms with E-state index in [0.29, 0.717) is 25.3 Å². The van der Waals surface area contributed by atoms with E-state index in [1.165, 1.54) is 4.88 Å². The number of hydrogen-bond acceptors (Lipinski definition) is 5. The Bertz CT molecular complexity index is 920. The van der Waals surface area contributed by atoms with Gasteiger partial charge in [-0.05, 0) is 34.4 Å². The summed E-state index contributed by atoms with van der Waals surface area (Å²) in [7, 11) is 0. The number of benzene rings is 2. The van der Waals surface area contributed by atoms with Gasteiger partial charge in [0.1, 0.15) is 5.75 Å². The first-order valence-corrected chi connectivity index (χ1v) is 9.95. The topological polar surface area (TPSA) is 61.8 Å². The number of phenols is 1. The van der Waals surface area contributed by atoms with Crippen molar-refractivity contribution >= 4 is 28.0 Å². The second-order valence-corrected chi connectivity index (χ2v) is 7.59. The second kappa shape index (κ2) is 8.08. The molecule has 0 radical (unpaired) electrons. The van der Waals surface area contributed by atoms with Crippen molar-refractivity contribution in [2.75, 3.05) is 32.8 Å². The van der Waals surface area contributed by atoms with Crippen LogP contribution in [-0.4, -0.2) is 48.8 Å². The largest absolute Gasteiger partial charge is 0.507 e. The first-order valence-electron chi connectivity index (χ1n) is 9.07. The highest BCUT2D eigenvalue weighted by Gasteiger charge is 2.24. The van der Waals surface area contributed by atoms with E-state index >= 15 is 0 Å². The number of carbonyl (C=O) groups excluding carboxylic acids is 1. The molecule has 1 atom stereocenters. The summed E-state index contributed by atoms with van der Waals surface area (Å²) in [6, 6.07) is 15.3. The Morgan fingerprint density at radius 3 is 2.59 bits per heavy atom. The van der Waals surface area contributed by atoms with Gasteiger partial charge in [0, 0.05) is 24.5 Å². The maximum atomic E-state index is 12.8. The summed E-state index contributed by atoms with van der Waals surface area (Å²) >= 11 is 1.69. The van der Waals surface area contributed by atoms with Crippen molar-refractivity contribution in [1.29, 1.82) is 0 Å². The maximum Gasteiger partial charge on any atom is 0.255 e. The van der Waals surface area contributed by atoms with E-state index in [9.17, 15) is 9.90 Å². The number of hydrogen-bond donors (Lipinski definition) is 2. The fourth-order valence-electron chi connectivity index (χ4n) is 3.47. The molecule has 1 aliphatic rings. The number of nitrogens with one attached hydrogen (secondary N) is 1. The quantitative estimate of drug-likeness (QED) is 0.710. The van der Waals surface area contributed by atoms with Crippen molar-refractivity contribution in [3.05, 3.63) is 64.4 Å². The number of morpholine rings is 1. The van der Waals surface area contributed by atoms with E-state index in [0.717, 1.165) is 23.9 Å². The molecule has 0 bridgehead atoms. The third-order valence-corrected chi connectivity index (χ3v) is 5.90. The van der Waals surface area contributed by atoms with Gasteiger partial charge in [-0.25, -0.2) is 0 Å². The Balaban J connectivity index is 1.52. The minimum absolute atomic E-state index is 0.00486. The molecule has 1 amide bonds. The monoisotopic (exact) mass is 382 g/mol. The van der Waals surface area contributed by atoms with Crippen molar-refractivity contribution in [2.45, 2.75) is 6.04 Å². The lowest BCUT2D eigenvalue weighted by atomic mass is 10.1. The molecule has 3 aromatic rings. The van der Waals surface area contributed by atoms with Crippen LogP contribution in [0.2, 0.25) is 0 Å². The molecule has 6 heteroatoms. The van der Waals surface area contributed by atoms with Crippen LogP contribution in [0.4, 0.5) is 0 Å². The van der Waals surface area contributed by atoms with Crippen LogP contribution in [0.3, 0.4) is 0 Å². The van der Waals surface area contributed by atoms with Crippen LogP contribution in [0.1, 0.15) is 21.3 Å². The lowest BCUT2D eigenvalue weighted by Crippen LogP contribution is -2.43. The third kappa shape index (κ3) is 3.98. The lowest BCUT2D eigenvalue weighted by molar-refractivity contribution is 0.0169. The van der Waals surface area contributed by atoms with Gasteiger partial charge < -0.3 is 15.2 Å². The fraction of sp³-hybridized carbons (Fsp3) is 0.286. The molecule has 140 valence electrons. The molecular formula is C21H22N2O3S. The molecule has 1 aromatic heterocycles. The number of amides is 1. The van der Waals surface area contributed by atoms with Crippen LogP contribution in [0.5, 0.6) is 5.75 Å². The Morgan fingerprint density at radius 1 is 1.15 bits per heavy atom. The van der Waals surface area contributed by atoms with E-state index in [1.54, 1.807) is 23.5 Å². The Hall–Kier alpha value is -2.41. The van der Waals surface area contributed by atoms with Crippen LogP contribution in [-0.2, 0) is 4.74 Å². The number of aromatic hydroxyl groups is 1. The van der Waals surface area contributed by atoms with Gasteiger partial charge in [-0.15, -0.1) is 11.3 Å². The van der Waals surface area contributed by atoms with E-state index in [1.807, 2.05) is 30.3 Å². The van der Waals surface area contributed by atoms with Crippen molar-refractivity contribution in [3.8, 4) is 5.75 Å². The van der Waals surface area contributed by atoms with E-state index in [2.05, 4.69) is 21.7 Å². The molecule has 2 heterocycles. The van der Waals surface area contributed by atoms with Gasteiger partial charge in [0.25, 0.3) is 5.91 Å². The molecule has 4 rings (SSSR count). The average Bonchev–Trinajstić information content (AvgIpc) is 3.23. The molecule has 2 N–H and O–H groups in total. The molecule has 0 spiro atoms. The maximum absolute atomic E-state index is 12.8. The van der Waals surface area contributed by atoms with Crippen LogP contribution < -0.4 is 5.32 Å². The Labute approximate surface area is 162 Å². The predicted octanol–water partition coefficient (Wildman–Crippen LogP) is 3.41. The van der Waals surface area contributed by atoms with E-state index < -0.39 is 0 Å². The molecular weight excluding hydrogens is 360 g/mol. The zero-order valence-electron chi connectivity index (χ0n) is 14.9. The van der Waals surface area contributed by atoms with E-state index in [-0.39, 0.29) is 17.7 Å². The van der Waals surface area contributed by atoms with Gasteiger partial charge in [-0.3, -0.25) is 9.69 Å². The molecule has 0 aliphatic carbocycles. The fourth-order valence-corrected chi connectivity index (χ4v) is 4.34. The second-order valence-electron chi connectivity index (χ2n) is 6.61. The molecule has 0 saturated carbocycles. The third-order valence-electron chi connectivity index (χ3n) is 4.92. The Morgan fingerprint density at radius 2 is 1.89 bits per heavy atom. The van der Waals surface area contributed by atoms with Crippen molar-refractivity contribution in [3.63, 3.8) is 0 Å². The van der Waals surface area contributed by atoms with Crippen LogP contribution >= 0.6 is 11.3 Å². The summed E-state index contributed by atoms with van der Waals surface area (Å²) < 4.78 is 5.46. The zero-order valence-corrected chi connectivity index (χ0v) is 15.7.